The average Bonchev–Trinajstić information content (AvgIpc) is 3.35. The zero-order valence-corrected chi connectivity index (χ0v) is 14.0. The fourth-order valence-electron chi connectivity index (χ4n) is 2.83. The van der Waals surface area contributed by atoms with Crippen LogP contribution in [0.4, 0.5) is 0 Å². The minimum absolute atomic E-state index is 0.0251. The molecule has 3 rings (SSSR count). The molecule has 1 heterocycles. The van der Waals surface area contributed by atoms with Gasteiger partial charge < -0.3 is 15.3 Å². The molecule has 1 aromatic rings. The second-order valence-electron chi connectivity index (χ2n) is 6.13. The number of piperidine rings is 1. The molecule has 1 aromatic carbocycles. The van der Waals surface area contributed by atoms with Crippen molar-refractivity contribution in [2.45, 2.75) is 31.7 Å². The fourth-order valence-corrected chi connectivity index (χ4v) is 3.33. The summed E-state index contributed by atoms with van der Waals surface area (Å²) in [6.07, 6.45) is 3.42. The summed E-state index contributed by atoms with van der Waals surface area (Å²) in [4.78, 5) is 26.2. The van der Waals surface area contributed by atoms with E-state index in [1.165, 1.54) is 12.1 Å². The first-order valence-electron chi connectivity index (χ1n) is 7.73. The Hall–Kier alpha value is -1.46. The molecule has 0 bridgehead atoms. The second-order valence-corrected chi connectivity index (χ2v) is 6.97. The van der Waals surface area contributed by atoms with Crippen molar-refractivity contribution in [1.29, 1.82) is 0 Å². The summed E-state index contributed by atoms with van der Waals surface area (Å²) in [6.45, 7) is 1.31. The predicted octanol–water partition coefficient (Wildman–Crippen LogP) is 2.83. The molecule has 124 valence electrons. The highest BCUT2D eigenvalue weighted by molar-refractivity contribution is 6.36. The Labute approximate surface area is 144 Å². The Morgan fingerprint density at radius 1 is 1.13 bits per heavy atom. The molecule has 1 saturated heterocycles. The summed E-state index contributed by atoms with van der Waals surface area (Å²) >= 11 is 11.7. The minimum atomic E-state index is -0.404. The van der Waals surface area contributed by atoms with Crippen molar-refractivity contribution in [3.8, 4) is 5.75 Å². The molecular weight excluding hydrogens is 339 g/mol. The first kappa shape index (κ1) is 16.4. The first-order chi connectivity index (χ1) is 11.0. The molecule has 1 saturated carbocycles. The molecule has 0 aromatic heterocycles. The van der Waals surface area contributed by atoms with E-state index < -0.39 is 5.91 Å². The SMILES string of the molecule is O=C(NC1CCN(C(=O)C2CC2)CC1)c1cc(Cl)cc(Cl)c1O. The maximum Gasteiger partial charge on any atom is 0.255 e. The number of carbonyl (C=O) groups is 2. The van der Waals surface area contributed by atoms with Gasteiger partial charge >= 0.3 is 0 Å². The van der Waals surface area contributed by atoms with Gasteiger partial charge in [-0.3, -0.25) is 9.59 Å². The van der Waals surface area contributed by atoms with E-state index in [9.17, 15) is 14.7 Å². The maximum absolute atomic E-state index is 12.3. The molecule has 0 unspecified atom stereocenters. The number of rotatable bonds is 3. The third-order valence-electron chi connectivity index (χ3n) is 4.34. The lowest BCUT2D eigenvalue weighted by molar-refractivity contribution is -0.133. The van der Waals surface area contributed by atoms with E-state index >= 15 is 0 Å². The Morgan fingerprint density at radius 2 is 1.78 bits per heavy atom. The lowest BCUT2D eigenvalue weighted by Crippen LogP contribution is -2.47. The van der Waals surface area contributed by atoms with Gasteiger partial charge in [0.15, 0.2) is 0 Å². The summed E-state index contributed by atoms with van der Waals surface area (Å²) in [6, 6.07) is 2.75. The van der Waals surface area contributed by atoms with Crippen molar-refractivity contribution in [2.24, 2.45) is 5.92 Å². The molecule has 2 fully saturated rings. The van der Waals surface area contributed by atoms with Gasteiger partial charge in [-0.25, -0.2) is 0 Å². The van der Waals surface area contributed by atoms with Crippen LogP contribution in [0, 0.1) is 5.92 Å². The van der Waals surface area contributed by atoms with Crippen LogP contribution in [0.15, 0.2) is 12.1 Å². The van der Waals surface area contributed by atoms with Crippen LogP contribution in [0.1, 0.15) is 36.0 Å². The van der Waals surface area contributed by atoms with Crippen LogP contribution in [-0.2, 0) is 4.79 Å². The van der Waals surface area contributed by atoms with Gasteiger partial charge in [0.2, 0.25) is 5.91 Å². The van der Waals surface area contributed by atoms with Gasteiger partial charge in [0.05, 0.1) is 10.6 Å². The highest BCUT2D eigenvalue weighted by atomic mass is 35.5. The molecule has 7 heteroatoms. The molecule has 5 nitrogen and oxygen atoms in total. The number of nitrogens with one attached hydrogen (secondary N) is 1. The quantitative estimate of drug-likeness (QED) is 0.874. The number of nitrogens with zero attached hydrogens (tertiary/aromatic N) is 1. The summed E-state index contributed by atoms with van der Waals surface area (Å²) in [5.74, 6) is -0.200. The average molecular weight is 357 g/mol. The normalized spacial score (nSPS) is 18.8. The van der Waals surface area contributed by atoms with E-state index in [0.29, 0.717) is 31.0 Å². The van der Waals surface area contributed by atoms with E-state index in [4.69, 9.17) is 23.2 Å². The smallest absolute Gasteiger partial charge is 0.255 e. The van der Waals surface area contributed by atoms with Crippen molar-refractivity contribution >= 4 is 35.0 Å². The van der Waals surface area contributed by atoms with E-state index in [1.54, 1.807) is 0 Å². The number of amides is 2. The molecule has 2 aliphatic rings. The van der Waals surface area contributed by atoms with Gasteiger partial charge in [-0.1, -0.05) is 23.2 Å². The zero-order valence-electron chi connectivity index (χ0n) is 12.5. The second kappa shape index (κ2) is 6.57. The number of halogens is 2. The summed E-state index contributed by atoms with van der Waals surface area (Å²) in [5.41, 5.74) is 0.0685. The van der Waals surface area contributed by atoms with Gasteiger partial charge in [0, 0.05) is 30.1 Å². The standard InChI is InChI=1S/C16H18Cl2N2O3/c17-10-7-12(14(21)13(18)8-10)15(22)19-11-3-5-20(6-4-11)16(23)9-1-2-9/h7-9,11,21H,1-6H2,(H,19,22). The van der Waals surface area contributed by atoms with Crippen molar-refractivity contribution in [3.63, 3.8) is 0 Å². The van der Waals surface area contributed by atoms with Gasteiger partial charge in [0.1, 0.15) is 5.75 Å². The largest absolute Gasteiger partial charge is 0.506 e. The van der Waals surface area contributed by atoms with Gasteiger partial charge in [-0.05, 0) is 37.8 Å². The van der Waals surface area contributed by atoms with E-state index in [1.807, 2.05) is 4.90 Å². The number of hydrogen-bond donors (Lipinski definition) is 2. The Bertz CT molecular complexity index is 638. The van der Waals surface area contributed by atoms with Gasteiger partial charge in [0.25, 0.3) is 5.91 Å². The lowest BCUT2D eigenvalue weighted by atomic mass is 10.0. The van der Waals surface area contributed by atoms with E-state index in [2.05, 4.69) is 5.32 Å². The Balaban J connectivity index is 1.58. The Kier molecular flexibility index (Phi) is 4.69. The maximum atomic E-state index is 12.3. The number of phenols is 1. The molecule has 0 radical (unpaired) electrons. The summed E-state index contributed by atoms with van der Waals surface area (Å²) in [7, 11) is 0. The molecule has 2 amide bonds. The number of carbonyl (C=O) groups excluding carboxylic acids is 2. The van der Waals surface area contributed by atoms with E-state index in [-0.39, 0.29) is 34.2 Å². The topological polar surface area (TPSA) is 69.6 Å². The van der Waals surface area contributed by atoms with Crippen LogP contribution in [0.5, 0.6) is 5.75 Å². The predicted molar refractivity (Wildman–Crippen MR) is 87.9 cm³/mol. The minimum Gasteiger partial charge on any atom is -0.506 e. The summed E-state index contributed by atoms with van der Waals surface area (Å²) in [5, 5.41) is 13.1. The number of likely N-dealkylation sites (tertiary alicyclic amines) is 1. The van der Waals surface area contributed by atoms with E-state index in [0.717, 1.165) is 12.8 Å². The molecule has 1 aliphatic heterocycles. The van der Waals surface area contributed by atoms with Crippen molar-refractivity contribution < 1.29 is 14.7 Å². The van der Waals surface area contributed by atoms with Crippen LogP contribution in [-0.4, -0.2) is 41.0 Å². The molecule has 23 heavy (non-hydrogen) atoms. The number of phenolic OH excluding ortho intramolecular Hbond substituents is 1. The zero-order chi connectivity index (χ0) is 16.6. The van der Waals surface area contributed by atoms with Gasteiger partial charge in [-0.2, -0.15) is 0 Å². The lowest BCUT2D eigenvalue weighted by Gasteiger charge is -2.32. The highest BCUT2D eigenvalue weighted by Gasteiger charge is 2.35. The van der Waals surface area contributed by atoms with Crippen LogP contribution in [0.3, 0.4) is 0 Å². The molecule has 2 N–H and O–H groups in total. The van der Waals surface area contributed by atoms with Crippen molar-refractivity contribution in [3.05, 3.63) is 27.7 Å². The monoisotopic (exact) mass is 356 g/mol. The van der Waals surface area contributed by atoms with Crippen LogP contribution >= 0.6 is 23.2 Å². The molecule has 0 spiro atoms. The first-order valence-corrected chi connectivity index (χ1v) is 8.49. The van der Waals surface area contributed by atoms with Crippen molar-refractivity contribution in [2.75, 3.05) is 13.1 Å². The molecule has 1 aliphatic carbocycles. The molecule has 0 atom stereocenters. The van der Waals surface area contributed by atoms with Crippen LogP contribution < -0.4 is 5.32 Å². The van der Waals surface area contributed by atoms with Crippen LogP contribution in [0.25, 0.3) is 0 Å². The number of aromatic hydroxyl groups is 1. The molecular formula is C16H18Cl2N2O3. The van der Waals surface area contributed by atoms with Gasteiger partial charge in [-0.15, -0.1) is 0 Å². The third kappa shape index (κ3) is 3.72. The Morgan fingerprint density at radius 3 is 2.39 bits per heavy atom. The van der Waals surface area contributed by atoms with Crippen molar-refractivity contribution in [1.82, 2.24) is 10.2 Å². The third-order valence-corrected chi connectivity index (χ3v) is 4.85. The van der Waals surface area contributed by atoms with Crippen LogP contribution in [0.2, 0.25) is 10.0 Å². The number of hydrogen-bond acceptors (Lipinski definition) is 3. The highest BCUT2D eigenvalue weighted by Crippen LogP contribution is 2.33. The summed E-state index contributed by atoms with van der Waals surface area (Å²) < 4.78 is 0. The number of benzene rings is 1. The fraction of sp³-hybridized carbons (Fsp3) is 0.500.